The van der Waals surface area contributed by atoms with Gasteiger partial charge in [0.25, 0.3) is 5.91 Å². The van der Waals surface area contributed by atoms with Crippen molar-refractivity contribution in [2.45, 2.75) is 20.3 Å². The third-order valence-corrected chi connectivity index (χ3v) is 3.87. The van der Waals surface area contributed by atoms with Gasteiger partial charge in [-0.2, -0.15) is 0 Å². The Kier molecular flexibility index (Phi) is 4.37. The number of amides is 1. The number of aryl methyl sites for hydroxylation is 1. The molecule has 1 aromatic carbocycles. The zero-order valence-electron chi connectivity index (χ0n) is 10.9. The van der Waals surface area contributed by atoms with Crippen molar-refractivity contribution in [1.29, 1.82) is 0 Å². The Morgan fingerprint density at radius 1 is 1.42 bits per heavy atom. The van der Waals surface area contributed by atoms with Crippen molar-refractivity contribution in [3.05, 3.63) is 51.6 Å². The molecular weight excluding hydrogens is 308 g/mol. The fourth-order valence-corrected chi connectivity index (χ4v) is 2.24. The highest BCUT2D eigenvalue weighted by molar-refractivity contribution is 9.10. The second-order valence-electron chi connectivity index (χ2n) is 4.30. The first kappa shape index (κ1) is 13.8. The first-order valence-electron chi connectivity index (χ1n) is 6.02. The van der Waals surface area contributed by atoms with Gasteiger partial charge in [-0.3, -0.25) is 4.79 Å². The molecule has 1 amide bonds. The van der Waals surface area contributed by atoms with Crippen LogP contribution >= 0.6 is 15.9 Å². The molecule has 0 aliphatic carbocycles. The molecular formula is C14H15BrN2O2. The molecule has 1 N–H and O–H groups in total. The number of carbonyl (C=O) groups excluding carboxylic acids is 1. The van der Waals surface area contributed by atoms with Gasteiger partial charge in [0, 0.05) is 11.0 Å². The highest BCUT2D eigenvalue weighted by atomic mass is 79.9. The van der Waals surface area contributed by atoms with Gasteiger partial charge in [0.1, 0.15) is 0 Å². The minimum atomic E-state index is -0.220. The molecule has 100 valence electrons. The lowest BCUT2D eigenvalue weighted by molar-refractivity contribution is 0.0925. The standard InChI is InChI=1S/C14H15BrN2O2/c1-9-11(4-3-5-12(9)15)6-7-16-14(18)13-10(2)17-8-19-13/h3-5,8H,6-7H2,1-2H3,(H,16,18). The second-order valence-corrected chi connectivity index (χ2v) is 5.15. The molecule has 0 saturated heterocycles. The van der Waals surface area contributed by atoms with Crippen molar-refractivity contribution < 1.29 is 9.21 Å². The van der Waals surface area contributed by atoms with Gasteiger partial charge in [0.05, 0.1) is 5.69 Å². The molecule has 0 saturated carbocycles. The summed E-state index contributed by atoms with van der Waals surface area (Å²) >= 11 is 3.50. The van der Waals surface area contributed by atoms with Crippen LogP contribution in [0.2, 0.25) is 0 Å². The number of halogens is 1. The van der Waals surface area contributed by atoms with Crippen molar-refractivity contribution in [2.75, 3.05) is 6.54 Å². The van der Waals surface area contributed by atoms with E-state index in [0.717, 1.165) is 10.9 Å². The summed E-state index contributed by atoms with van der Waals surface area (Å²) < 4.78 is 6.13. The predicted molar refractivity (Wildman–Crippen MR) is 76.2 cm³/mol. The fourth-order valence-electron chi connectivity index (χ4n) is 1.83. The molecule has 0 unspecified atom stereocenters. The summed E-state index contributed by atoms with van der Waals surface area (Å²) in [5.74, 6) is 0.0635. The minimum absolute atomic E-state index is 0.220. The third kappa shape index (κ3) is 3.23. The summed E-state index contributed by atoms with van der Waals surface area (Å²) in [6.07, 6.45) is 2.06. The largest absolute Gasteiger partial charge is 0.438 e. The SMILES string of the molecule is Cc1ncoc1C(=O)NCCc1cccc(Br)c1C. The molecule has 19 heavy (non-hydrogen) atoms. The van der Waals surface area contributed by atoms with Gasteiger partial charge < -0.3 is 9.73 Å². The van der Waals surface area contributed by atoms with Crippen molar-refractivity contribution in [3.63, 3.8) is 0 Å². The van der Waals surface area contributed by atoms with Gasteiger partial charge >= 0.3 is 0 Å². The second kappa shape index (κ2) is 6.02. The molecule has 0 bridgehead atoms. The van der Waals surface area contributed by atoms with Gasteiger partial charge in [0.15, 0.2) is 6.39 Å². The van der Waals surface area contributed by atoms with E-state index in [4.69, 9.17) is 4.42 Å². The van der Waals surface area contributed by atoms with E-state index in [1.165, 1.54) is 17.5 Å². The molecule has 1 heterocycles. The van der Waals surface area contributed by atoms with Crippen LogP contribution in [0.5, 0.6) is 0 Å². The predicted octanol–water partition coefficient (Wildman–Crippen LogP) is 3.03. The summed E-state index contributed by atoms with van der Waals surface area (Å²) in [5, 5.41) is 2.83. The summed E-state index contributed by atoms with van der Waals surface area (Å²) in [6, 6.07) is 6.07. The maximum Gasteiger partial charge on any atom is 0.289 e. The molecule has 2 rings (SSSR count). The van der Waals surface area contributed by atoms with E-state index in [1.807, 2.05) is 12.1 Å². The zero-order valence-corrected chi connectivity index (χ0v) is 12.5. The number of hydrogen-bond donors (Lipinski definition) is 1. The van der Waals surface area contributed by atoms with Crippen LogP contribution < -0.4 is 5.32 Å². The van der Waals surface area contributed by atoms with E-state index < -0.39 is 0 Å². The van der Waals surface area contributed by atoms with E-state index in [2.05, 4.69) is 39.2 Å². The van der Waals surface area contributed by atoms with Gasteiger partial charge in [-0.1, -0.05) is 28.1 Å². The van der Waals surface area contributed by atoms with Gasteiger partial charge in [-0.05, 0) is 37.5 Å². The quantitative estimate of drug-likeness (QED) is 0.941. The Labute approximate surface area is 120 Å². The van der Waals surface area contributed by atoms with Crippen LogP contribution in [0.1, 0.15) is 27.4 Å². The number of nitrogens with zero attached hydrogens (tertiary/aromatic N) is 1. The summed E-state index contributed by atoms with van der Waals surface area (Å²) in [4.78, 5) is 15.7. The lowest BCUT2D eigenvalue weighted by Gasteiger charge is -2.08. The van der Waals surface area contributed by atoms with Crippen LogP contribution in [0, 0.1) is 13.8 Å². The van der Waals surface area contributed by atoms with E-state index >= 15 is 0 Å². The lowest BCUT2D eigenvalue weighted by atomic mass is 10.1. The van der Waals surface area contributed by atoms with E-state index in [9.17, 15) is 4.79 Å². The van der Waals surface area contributed by atoms with Crippen LogP contribution in [0.15, 0.2) is 33.5 Å². The lowest BCUT2D eigenvalue weighted by Crippen LogP contribution is -2.26. The maximum absolute atomic E-state index is 11.8. The molecule has 1 aromatic heterocycles. The van der Waals surface area contributed by atoms with E-state index in [1.54, 1.807) is 6.92 Å². The van der Waals surface area contributed by atoms with Crippen LogP contribution in [0.25, 0.3) is 0 Å². The minimum Gasteiger partial charge on any atom is -0.438 e. The Balaban J connectivity index is 1.92. The van der Waals surface area contributed by atoms with Crippen LogP contribution in [0.4, 0.5) is 0 Å². The number of carbonyl (C=O) groups is 1. The monoisotopic (exact) mass is 322 g/mol. The van der Waals surface area contributed by atoms with Gasteiger partial charge in [-0.15, -0.1) is 0 Å². The summed E-state index contributed by atoms with van der Waals surface area (Å²) in [5.41, 5.74) is 3.02. The van der Waals surface area contributed by atoms with Crippen molar-refractivity contribution >= 4 is 21.8 Å². The number of nitrogens with one attached hydrogen (secondary N) is 1. The third-order valence-electron chi connectivity index (χ3n) is 3.01. The molecule has 5 heteroatoms. The fraction of sp³-hybridized carbons (Fsp3) is 0.286. The maximum atomic E-state index is 11.8. The van der Waals surface area contributed by atoms with Crippen LogP contribution in [-0.4, -0.2) is 17.4 Å². The van der Waals surface area contributed by atoms with Crippen molar-refractivity contribution in [1.82, 2.24) is 10.3 Å². The van der Waals surface area contributed by atoms with Gasteiger partial charge in [-0.25, -0.2) is 4.98 Å². The van der Waals surface area contributed by atoms with E-state index in [-0.39, 0.29) is 11.7 Å². The Bertz CT molecular complexity index is 593. The van der Waals surface area contributed by atoms with Gasteiger partial charge in [0.2, 0.25) is 5.76 Å². The average Bonchev–Trinajstić information content (AvgIpc) is 2.81. The number of aromatic nitrogens is 1. The summed E-state index contributed by atoms with van der Waals surface area (Å²) in [7, 11) is 0. The molecule has 0 atom stereocenters. The Morgan fingerprint density at radius 3 is 2.89 bits per heavy atom. The summed E-state index contributed by atoms with van der Waals surface area (Å²) in [6.45, 7) is 4.37. The normalized spacial score (nSPS) is 10.5. The highest BCUT2D eigenvalue weighted by Crippen LogP contribution is 2.19. The van der Waals surface area contributed by atoms with Crippen molar-refractivity contribution in [2.24, 2.45) is 0 Å². The number of rotatable bonds is 4. The first-order valence-corrected chi connectivity index (χ1v) is 6.81. The average molecular weight is 323 g/mol. The van der Waals surface area contributed by atoms with Crippen LogP contribution in [-0.2, 0) is 6.42 Å². The Morgan fingerprint density at radius 2 is 2.21 bits per heavy atom. The highest BCUT2D eigenvalue weighted by Gasteiger charge is 2.13. The smallest absolute Gasteiger partial charge is 0.289 e. The topological polar surface area (TPSA) is 55.1 Å². The number of hydrogen-bond acceptors (Lipinski definition) is 3. The van der Waals surface area contributed by atoms with Crippen molar-refractivity contribution in [3.8, 4) is 0 Å². The molecule has 2 aromatic rings. The number of oxazole rings is 1. The molecule has 0 spiro atoms. The molecule has 0 aliphatic heterocycles. The molecule has 0 radical (unpaired) electrons. The van der Waals surface area contributed by atoms with E-state index in [0.29, 0.717) is 12.2 Å². The molecule has 0 aliphatic rings. The molecule has 4 nitrogen and oxygen atoms in total. The Hall–Kier alpha value is -1.62. The zero-order chi connectivity index (χ0) is 13.8. The number of benzene rings is 1. The van der Waals surface area contributed by atoms with Crippen LogP contribution in [0.3, 0.4) is 0 Å². The molecule has 0 fully saturated rings. The first-order chi connectivity index (χ1) is 9.09.